The van der Waals surface area contributed by atoms with Gasteiger partial charge >= 0.3 is 0 Å². The minimum atomic E-state index is -3.27. The molecular weight excluding hydrogens is 236 g/mol. The van der Waals surface area contributed by atoms with Crippen molar-refractivity contribution >= 4 is 27.2 Å². The molecule has 0 saturated heterocycles. The molecule has 0 heterocycles. The normalized spacial score (nSPS) is 10.1. The van der Waals surface area contributed by atoms with Gasteiger partial charge in [0.25, 0.3) is 10.8 Å². The van der Waals surface area contributed by atoms with Gasteiger partial charge in [-0.15, -0.1) is 0 Å². The first kappa shape index (κ1) is 12.1. The zero-order valence-electron chi connectivity index (χ0n) is 8.17. The number of benzene rings is 1. The van der Waals surface area contributed by atoms with Crippen molar-refractivity contribution in [2.45, 2.75) is 0 Å². The van der Waals surface area contributed by atoms with Gasteiger partial charge in [-0.25, -0.2) is 8.42 Å². The molecule has 0 atom stereocenters. The number of thiol groups is 1. The van der Waals surface area contributed by atoms with Crippen molar-refractivity contribution in [3.63, 3.8) is 0 Å². The quantitative estimate of drug-likeness (QED) is 0.452. The Hall–Kier alpha value is -1.96. The second-order valence-electron chi connectivity index (χ2n) is 2.80. The van der Waals surface area contributed by atoms with E-state index in [0.717, 1.165) is 6.07 Å². The summed E-state index contributed by atoms with van der Waals surface area (Å²) in [4.78, 5) is 21.0. The van der Waals surface area contributed by atoms with E-state index >= 15 is 0 Å². The summed E-state index contributed by atoms with van der Waals surface area (Å²) in [5, 5.41) is 12.1. The number of nitro groups is 1. The first-order chi connectivity index (χ1) is 7.47. The molecule has 8 heteroatoms. The van der Waals surface area contributed by atoms with Crippen LogP contribution in [0.3, 0.4) is 0 Å². The minimum absolute atomic E-state index is 0.211. The van der Waals surface area contributed by atoms with Gasteiger partial charge in [-0.05, 0) is 12.1 Å². The molecule has 0 amide bonds. The number of nitrogens with zero attached hydrogens (tertiary/aromatic N) is 1. The topological polar surface area (TPSA) is 106 Å². The van der Waals surface area contributed by atoms with E-state index in [0.29, 0.717) is 0 Å². The molecule has 0 bridgehead atoms. The standard InChI is InChI=1S/C8H8N2O5S/c1-9-6-3-2-5(8(11)16(14)15)4-7(6)10(12)13/h2-4,9,16H,1H3. The van der Waals surface area contributed by atoms with Crippen molar-refractivity contribution < 1.29 is 18.1 Å². The Morgan fingerprint density at radius 3 is 2.50 bits per heavy atom. The van der Waals surface area contributed by atoms with Crippen LogP contribution in [0.1, 0.15) is 10.4 Å². The van der Waals surface area contributed by atoms with Gasteiger partial charge < -0.3 is 5.32 Å². The fraction of sp³-hybridized carbons (Fsp3) is 0.125. The predicted molar refractivity (Wildman–Crippen MR) is 57.3 cm³/mol. The molecular formula is C8H8N2O5S. The molecule has 0 unspecified atom stereocenters. The van der Waals surface area contributed by atoms with E-state index in [4.69, 9.17) is 0 Å². The maximum absolute atomic E-state index is 11.1. The van der Waals surface area contributed by atoms with Crippen molar-refractivity contribution in [2.75, 3.05) is 12.4 Å². The van der Waals surface area contributed by atoms with Crippen LogP contribution in [0.2, 0.25) is 0 Å². The Kier molecular flexibility index (Phi) is 3.56. The average molecular weight is 244 g/mol. The summed E-state index contributed by atoms with van der Waals surface area (Å²) < 4.78 is 20.9. The maximum Gasteiger partial charge on any atom is 0.293 e. The molecule has 0 fully saturated rings. The van der Waals surface area contributed by atoms with E-state index in [1.807, 2.05) is 0 Å². The molecule has 86 valence electrons. The summed E-state index contributed by atoms with van der Waals surface area (Å²) in [5.41, 5.74) is -0.352. The van der Waals surface area contributed by atoms with Crippen LogP contribution in [0.4, 0.5) is 11.4 Å². The van der Waals surface area contributed by atoms with E-state index < -0.39 is 20.7 Å². The molecule has 1 N–H and O–H groups in total. The van der Waals surface area contributed by atoms with Crippen LogP contribution < -0.4 is 5.32 Å². The molecule has 0 aliphatic carbocycles. The fourth-order valence-electron chi connectivity index (χ4n) is 1.13. The molecule has 0 aliphatic heterocycles. The summed E-state index contributed by atoms with van der Waals surface area (Å²) in [5.74, 6) is 0. The van der Waals surface area contributed by atoms with Crippen LogP contribution in [0.5, 0.6) is 0 Å². The lowest BCUT2D eigenvalue weighted by molar-refractivity contribution is -0.384. The van der Waals surface area contributed by atoms with Gasteiger partial charge in [0.05, 0.1) is 4.92 Å². The molecule has 1 aromatic rings. The third kappa shape index (κ3) is 2.34. The van der Waals surface area contributed by atoms with E-state index in [1.165, 1.54) is 19.2 Å². The minimum Gasteiger partial charge on any atom is -0.383 e. The maximum atomic E-state index is 11.1. The highest BCUT2D eigenvalue weighted by Gasteiger charge is 2.17. The van der Waals surface area contributed by atoms with Crippen molar-refractivity contribution in [3.8, 4) is 0 Å². The van der Waals surface area contributed by atoms with Crippen LogP contribution in [0, 0.1) is 10.1 Å². The molecule has 0 saturated carbocycles. The third-order valence-corrected chi connectivity index (χ3v) is 2.47. The number of carbonyl (C=O) groups is 1. The SMILES string of the molecule is CNc1ccc(C(=O)[SH](=O)=O)cc1[N+](=O)[O-]. The van der Waals surface area contributed by atoms with Gasteiger partial charge in [-0.1, -0.05) is 0 Å². The van der Waals surface area contributed by atoms with Gasteiger partial charge in [0.15, 0.2) is 0 Å². The Bertz CT molecular complexity index is 515. The predicted octanol–water partition coefficient (Wildman–Crippen LogP) is 0.388. The Balaban J connectivity index is 3.32. The zero-order valence-corrected chi connectivity index (χ0v) is 9.06. The molecule has 1 rings (SSSR count). The molecule has 0 radical (unpaired) electrons. The summed E-state index contributed by atoms with van der Waals surface area (Å²) in [6.07, 6.45) is 0. The van der Waals surface area contributed by atoms with Crippen molar-refractivity contribution in [1.29, 1.82) is 0 Å². The number of nitro benzene ring substituents is 1. The van der Waals surface area contributed by atoms with E-state index in [9.17, 15) is 23.3 Å². The molecule has 16 heavy (non-hydrogen) atoms. The number of rotatable bonds is 3. The number of anilines is 1. The van der Waals surface area contributed by atoms with Gasteiger partial charge in [-0.3, -0.25) is 14.9 Å². The third-order valence-electron chi connectivity index (χ3n) is 1.88. The van der Waals surface area contributed by atoms with Crippen molar-refractivity contribution in [1.82, 2.24) is 0 Å². The molecule has 7 nitrogen and oxygen atoms in total. The summed E-state index contributed by atoms with van der Waals surface area (Å²) in [6, 6.07) is 3.43. The highest BCUT2D eigenvalue weighted by atomic mass is 32.2. The summed E-state index contributed by atoms with van der Waals surface area (Å²) in [6.45, 7) is 0. The van der Waals surface area contributed by atoms with Crippen molar-refractivity contribution in [3.05, 3.63) is 33.9 Å². The van der Waals surface area contributed by atoms with Gasteiger partial charge in [0, 0.05) is 18.7 Å². The van der Waals surface area contributed by atoms with E-state index in [1.54, 1.807) is 0 Å². The highest BCUT2D eigenvalue weighted by molar-refractivity contribution is 7.89. The van der Waals surface area contributed by atoms with Gasteiger partial charge in [-0.2, -0.15) is 0 Å². The number of nitrogens with one attached hydrogen (secondary N) is 1. The lowest BCUT2D eigenvalue weighted by Gasteiger charge is -2.02. The summed E-state index contributed by atoms with van der Waals surface area (Å²) in [7, 11) is -1.78. The molecule has 1 aromatic carbocycles. The van der Waals surface area contributed by atoms with E-state index in [-0.39, 0.29) is 16.9 Å². The number of hydrogen-bond acceptors (Lipinski definition) is 6. The second kappa shape index (κ2) is 4.71. The Labute approximate surface area is 92.2 Å². The first-order valence-electron chi connectivity index (χ1n) is 4.12. The van der Waals surface area contributed by atoms with Crippen LogP contribution in [0.25, 0.3) is 0 Å². The monoisotopic (exact) mass is 244 g/mol. The molecule has 0 spiro atoms. The van der Waals surface area contributed by atoms with E-state index in [2.05, 4.69) is 5.32 Å². The van der Waals surface area contributed by atoms with Gasteiger partial charge in [0.1, 0.15) is 5.69 Å². The Morgan fingerprint density at radius 1 is 1.44 bits per heavy atom. The molecule has 0 aromatic heterocycles. The smallest absolute Gasteiger partial charge is 0.293 e. The highest BCUT2D eigenvalue weighted by Crippen LogP contribution is 2.25. The van der Waals surface area contributed by atoms with Crippen LogP contribution in [0.15, 0.2) is 18.2 Å². The summed E-state index contributed by atoms with van der Waals surface area (Å²) >= 11 is 0. The zero-order chi connectivity index (χ0) is 12.3. The Morgan fingerprint density at radius 2 is 2.06 bits per heavy atom. The number of carbonyl (C=O) groups excluding carboxylic acids is 1. The molecule has 0 aliphatic rings. The van der Waals surface area contributed by atoms with Crippen LogP contribution in [-0.4, -0.2) is 25.5 Å². The first-order valence-corrected chi connectivity index (χ1v) is 5.30. The largest absolute Gasteiger partial charge is 0.383 e. The van der Waals surface area contributed by atoms with Crippen LogP contribution >= 0.6 is 0 Å². The number of hydrogen-bond donors (Lipinski definition) is 2. The fourth-order valence-corrected chi connectivity index (χ4v) is 1.48. The lowest BCUT2D eigenvalue weighted by Crippen LogP contribution is -2.03. The van der Waals surface area contributed by atoms with Crippen molar-refractivity contribution in [2.24, 2.45) is 0 Å². The lowest BCUT2D eigenvalue weighted by atomic mass is 10.2. The van der Waals surface area contributed by atoms with Gasteiger partial charge in [0.2, 0.25) is 10.7 Å². The van der Waals surface area contributed by atoms with Crippen LogP contribution in [-0.2, 0) is 10.7 Å². The second-order valence-corrected chi connectivity index (χ2v) is 3.72. The average Bonchev–Trinajstić information content (AvgIpc) is 2.26.